The van der Waals surface area contributed by atoms with Crippen LogP contribution in [0.3, 0.4) is 0 Å². The van der Waals surface area contributed by atoms with E-state index in [1.807, 2.05) is 0 Å². The van der Waals surface area contributed by atoms with Gasteiger partial charge in [0.15, 0.2) is 0 Å². The topological polar surface area (TPSA) is 24.1 Å². The molecule has 0 aromatic carbocycles. The second-order valence-electron chi connectivity index (χ2n) is 6.08. The van der Waals surface area contributed by atoms with Crippen LogP contribution in [0.5, 0.6) is 0 Å². The molecule has 0 saturated carbocycles. The Bertz CT molecular complexity index is 437. The van der Waals surface area contributed by atoms with Gasteiger partial charge in [-0.2, -0.15) is 0 Å². The molecular formula is C10H24F18IrN2P3. The fourth-order valence-corrected chi connectivity index (χ4v) is 1.03. The van der Waals surface area contributed by atoms with Crippen LogP contribution >= 0.6 is 23.4 Å². The Morgan fingerprint density at radius 3 is 0.647 bits per heavy atom. The van der Waals surface area contributed by atoms with Crippen molar-refractivity contribution in [2.75, 3.05) is 26.2 Å². The number of hydrogen-bond acceptors (Lipinski definition) is 2. The fourth-order valence-electron chi connectivity index (χ4n) is 1.03. The summed E-state index contributed by atoms with van der Waals surface area (Å²) in [6, 6.07) is 0. The van der Waals surface area contributed by atoms with E-state index in [0.717, 1.165) is 13.1 Å². The van der Waals surface area contributed by atoms with E-state index in [1.54, 1.807) is 0 Å². The summed E-state index contributed by atoms with van der Waals surface area (Å²) >= 11 is 0. The summed E-state index contributed by atoms with van der Waals surface area (Å²) in [5.41, 5.74) is 0. The van der Waals surface area contributed by atoms with Gasteiger partial charge in [-0.3, -0.25) is 0 Å². The predicted molar refractivity (Wildman–Crippen MR) is 96.3 cm³/mol. The van der Waals surface area contributed by atoms with E-state index in [4.69, 9.17) is 0 Å². The van der Waals surface area contributed by atoms with Crippen molar-refractivity contribution in [3.8, 4) is 0 Å². The summed E-state index contributed by atoms with van der Waals surface area (Å²) in [5.74, 6) is 0. The predicted octanol–water partition coefficient (Wildman–Crippen LogP) is 11.9. The number of unbranched alkanes of at least 4 members (excludes halogenated alkanes) is 2. The third-order valence-corrected chi connectivity index (χ3v) is 1.89. The maximum atomic E-state index is 9.87. The minimum atomic E-state index is -10.7. The van der Waals surface area contributed by atoms with Crippen LogP contribution in [0.4, 0.5) is 75.5 Å². The Balaban J connectivity index is -0.000000113. The number of hydrogen-bond donors (Lipinski definition) is 2. The van der Waals surface area contributed by atoms with Gasteiger partial charge in [0.1, 0.15) is 0 Å². The smallest absolute Gasteiger partial charge is 3.00 e. The quantitative estimate of drug-likeness (QED) is 0.138. The molecule has 0 aliphatic heterocycles. The van der Waals surface area contributed by atoms with Gasteiger partial charge in [-0.25, -0.2) is 0 Å². The Morgan fingerprint density at radius 2 is 0.529 bits per heavy atom. The molecule has 0 radical (unpaired) electrons. The van der Waals surface area contributed by atoms with Crippen LogP contribution in [0.25, 0.3) is 0 Å². The summed E-state index contributed by atoms with van der Waals surface area (Å²) in [6.45, 7) is 9.02. The molecule has 0 rings (SSSR count). The largest absolute Gasteiger partial charge is 3.00 e. The fraction of sp³-hybridized carbons (Fsp3) is 1.00. The van der Waals surface area contributed by atoms with Crippen molar-refractivity contribution in [2.45, 2.75) is 39.5 Å². The molecule has 2 nitrogen and oxygen atoms in total. The Morgan fingerprint density at radius 1 is 0.382 bits per heavy atom. The number of halogens is 18. The van der Waals surface area contributed by atoms with E-state index in [2.05, 4.69) is 24.5 Å². The van der Waals surface area contributed by atoms with Gasteiger partial charge in [-0.05, 0) is 25.9 Å². The Kier molecular flexibility index (Phi) is 15.1. The summed E-state index contributed by atoms with van der Waals surface area (Å²) < 4.78 is 178. The number of rotatable bonds is 9. The maximum absolute atomic E-state index is 10.7. The molecule has 0 aliphatic rings. The van der Waals surface area contributed by atoms with Crippen molar-refractivity contribution in [2.24, 2.45) is 0 Å². The molecule has 0 aliphatic carbocycles. The number of nitrogens with one attached hydrogen (secondary N) is 2. The first-order valence-corrected chi connectivity index (χ1v) is 14.5. The van der Waals surface area contributed by atoms with Crippen molar-refractivity contribution in [1.82, 2.24) is 10.6 Å². The van der Waals surface area contributed by atoms with Gasteiger partial charge in [0, 0.05) is 13.1 Å². The van der Waals surface area contributed by atoms with E-state index in [1.165, 1.54) is 38.8 Å². The van der Waals surface area contributed by atoms with Crippen LogP contribution in [0.15, 0.2) is 0 Å². The molecule has 24 heteroatoms. The molecule has 0 amide bonds. The van der Waals surface area contributed by atoms with Gasteiger partial charge in [-0.1, -0.05) is 26.7 Å². The van der Waals surface area contributed by atoms with Crippen molar-refractivity contribution in [1.29, 1.82) is 0 Å². The summed E-state index contributed by atoms with van der Waals surface area (Å²) in [5, 5.41) is 6.80. The minimum Gasteiger partial charge on any atom is 3.00 e. The molecule has 0 bridgehead atoms. The van der Waals surface area contributed by atoms with Crippen LogP contribution < -0.4 is 10.6 Å². The molecule has 2 N–H and O–H groups in total. The van der Waals surface area contributed by atoms with Crippen molar-refractivity contribution in [3.05, 3.63) is 0 Å². The maximum Gasteiger partial charge on any atom is 3.00 e. The first-order chi connectivity index (χ1) is 13.3. The zero-order chi connectivity index (χ0) is 28.3. The molecule has 0 unspecified atom stereocenters. The van der Waals surface area contributed by atoms with Crippen LogP contribution in [-0.2, 0) is 20.1 Å². The molecular weight excluding hydrogens is 775 g/mol. The van der Waals surface area contributed by atoms with Gasteiger partial charge < -0.3 is 10.6 Å². The van der Waals surface area contributed by atoms with Crippen molar-refractivity contribution in [3.63, 3.8) is 0 Å². The molecule has 0 aromatic heterocycles. The van der Waals surface area contributed by atoms with Crippen LogP contribution in [0.2, 0.25) is 0 Å². The second kappa shape index (κ2) is 11.6. The monoisotopic (exact) mass is 800 g/mol. The zero-order valence-corrected chi connectivity index (χ0v) is 22.2. The van der Waals surface area contributed by atoms with E-state index in [-0.39, 0.29) is 20.1 Å². The molecule has 34 heavy (non-hydrogen) atoms. The van der Waals surface area contributed by atoms with Crippen LogP contribution in [-0.4, -0.2) is 26.2 Å². The Labute approximate surface area is 196 Å². The van der Waals surface area contributed by atoms with Crippen LogP contribution in [0, 0.1) is 0 Å². The molecule has 224 valence electrons. The molecule has 0 fully saturated rings. The third kappa shape index (κ3) is 353. The second-order valence-corrected chi connectivity index (χ2v) is 11.8. The van der Waals surface area contributed by atoms with E-state index >= 15 is 0 Å². The van der Waals surface area contributed by atoms with Gasteiger partial charge in [0.25, 0.3) is 0 Å². The van der Waals surface area contributed by atoms with Gasteiger partial charge in [0.2, 0.25) is 0 Å². The van der Waals surface area contributed by atoms with Crippen molar-refractivity contribution < 1.29 is 95.6 Å². The summed E-state index contributed by atoms with van der Waals surface area (Å²) in [7, 11) is -32.0. The van der Waals surface area contributed by atoms with Gasteiger partial charge in [-0.15, -0.1) is 0 Å². The summed E-state index contributed by atoms with van der Waals surface area (Å²) in [6.07, 6.45) is 5.18. The third-order valence-electron chi connectivity index (χ3n) is 1.89. The summed E-state index contributed by atoms with van der Waals surface area (Å²) in [4.78, 5) is 0. The standard InChI is InChI=1S/C10H24N2.3F6P.Ir/c1-3-5-7-11-9-10-12-8-6-4-2;3*1-7(2,3,4,5)6;/h11-12H,3-10H2,1-2H3;;;;/q;3*-1;+3. The van der Waals surface area contributed by atoms with Gasteiger partial charge >= 0.3 is 119 Å². The average Bonchev–Trinajstić information content (AvgIpc) is 2.31. The molecule has 0 atom stereocenters. The minimum absolute atomic E-state index is 0. The first-order valence-electron chi connectivity index (χ1n) is 8.37. The van der Waals surface area contributed by atoms with Crippen LogP contribution in [0.1, 0.15) is 39.5 Å². The molecule has 0 heterocycles. The molecule has 0 spiro atoms. The average molecular weight is 799 g/mol. The zero-order valence-electron chi connectivity index (χ0n) is 17.1. The van der Waals surface area contributed by atoms with E-state index in [0.29, 0.717) is 0 Å². The molecule has 0 saturated heterocycles. The van der Waals surface area contributed by atoms with E-state index in [9.17, 15) is 75.5 Å². The van der Waals surface area contributed by atoms with Crippen molar-refractivity contribution >= 4 is 23.4 Å². The molecule has 0 aromatic rings. The SMILES string of the molecule is CCCCNCCNCCCC.F[P-](F)(F)(F)(F)F.F[P-](F)(F)(F)(F)F.F[P-](F)(F)(F)(F)F.[Ir+3]. The van der Waals surface area contributed by atoms with Gasteiger partial charge in [0.05, 0.1) is 0 Å². The first kappa shape index (κ1) is 44.6. The van der Waals surface area contributed by atoms with E-state index < -0.39 is 23.4 Å². The Hall–Kier alpha value is 0.599. The normalized spacial score (nSPS) is 18.0.